The van der Waals surface area contributed by atoms with Crippen LogP contribution in [0.3, 0.4) is 0 Å². The van der Waals surface area contributed by atoms with Gasteiger partial charge in [0.2, 0.25) is 0 Å². The molecule has 0 bridgehead atoms. The maximum Gasteiger partial charge on any atom is 0.0540 e. The van der Waals surface area contributed by atoms with Gasteiger partial charge >= 0.3 is 0 Å². The largest absolute Gasteiger partial charge is 0.310 e. The molecule has 0 unspecified atom stereocenters. The van der Waals surface area contributed by atoms with E-state index in [1.807, 2.05) is 0 Å². The lowest BCUT2D eigenvalue weighted by Gasteiger charge is -2.48. The van der Waals surface area contributed by atoms with Crippen LogP contribution in [0.4, 0.5) is 17.1 Å². The maximum atomic E-state index is 2.44. The standard InChI is InChI=1S/C42H37N/c1-41(2)38-21-13-11-20-36(38)37-28-27-34(29-39(37)42(41,3)4)43(33-17-9-6-10-18-33)40-22-14-12-19-35(40)32-25-23-31(24-26-32)30-15-7-5-8-16-30/h5-29H,1-4H3. The SMILES string of the molecule is CC1(C)c2ccccc2-c2ccc(N(c3ccccc3)c3ccccc3-c3ccc(-c4ccccc4)cc3)cc2C1(C)C. The molecule has 0 aromatic heterocycles. The highest BCUT2D eigenvalue weighted by Gasteiger charge is 2.45. The molecule has 210 valence electrons. The predicted octanol–water partition coefficient (Wildman–Crippen LogP) is 11.7. The molecule has 0 N–H and O–H groups in total. The van der Waals surface area contributed by atoms with Crippen LogP contribution in [-0.2, 0) is 10.8 Å². The van der Waals surface area contributed by atoms with Gasteiger partial charge in [0.1, 0.15) is 0 Å². The van der Waals surface area contributed by atoms with Gasteiger partial charge in [-0.3, -0.25) is 0 Å². The molecule has 0 saturated heterocycles. The summed E-state index contributed by atoms with van der Waals surface area (Å²) in [4.78, 5) is 2.42. The van der Waals surface area contributed by atoms with E-state index in [0.717, 1.165) is 11.4 Å². The van der Waals surface area contributed by atoms with E-state index >= 15 is 0 Å². The van der Waals surface area contributed by atoms with Crippen LogP contribution in [0.25, 0.3) is 33.4 Å². The minimum Gasteiger partial charge on any atom is -0.310 e. The van der Waals surface area contributed by atoms with Gasteiger partial charge in [-0.2, -0.15) is 0 Å². The fourth-order valence-corrected chi connectivity index (χ4v) is 6.75. The Morgan fingerprint density at radius 3 is 1.60 bits per heavy atom. The Labute approximate surface area is 256 Å². The van der Waals surface area contributed by atoms with Crippen molar-refractivity contribution in [2.45, 2.75) is 38.5 Å². The van der Waals surface area contributed by atoms with Gasteiger partial charge in [-0.15, -0.1) is 0 Å². The van der Waals surface area contributed by atoms with Crippen molar-refractivity contribution in [2.24, 2.45) is 0 Å². The molecular formula is C42H37N. The lowest BCUT2D eigenvalue weighted by atomic mass is 9.55. The summed E-state index contributed by atoms with van der Waals surface area (Å²) in [6.07, 6.45) is 0. The first-order valence-electron chi connectivity index (χ1n) is 15.2. The summed E-state index contributed by atoms with van der Waals surface area (Å²) < 4.78 is 0. The molecule has 1 aliphatic carbocycles. The second kappa shape index (κ2) is 10.4. The first kappa shape index (κ1) is 27.0. The van der Waals surface area contributed by atoms with Crippen LogP contribution in [0.1, 0.15) is 38.8 Å². The number of hydrogen-bond acceptors (Lipinski definition) is 1. The van der Waals surface area contributed by atoms with Crippen molar-refractivity contribution in [1.29, 1.82) is 0 Å². The molecule has 1 heteroatoms. The number of hydrogen-bond donors (Lipinski definition) is 0. The second-order valence-electron chi connectivity index (χ2n) is 12.7. The molecule has 0 radical (unpaired) electrons. The first-order valence-corrected chi connectivity index (χ1v) is 15.2. The zero-order valence-corrected chi connectivity index (χ0v) is 25.4. The van der Waals surface area contributed by atoms with Crippen molar-refractivity contribution in [3.05, 3.63) is 163 Å². The molecule has 1 nitrogen and oxygen atoms in total. The Morgan fingerprint density at radius 2 is 0.884 bits per heavy atom. The van der Waals surface area contributed by atoms with E-state index in [-0.39, 0.29) is 10.8 Å². The summed E-state index contributed by atoms with van der Waals surface area (Å²) in [6.45, 7) is 9.59. The van der Waals surface area contributed by atoms with Gasteiger partial charge < -0.3 is 4.90 Å². The van der Waals surface area contributed by atoms with Crippen LogP contribution >= 0.6 is 0 Å². The van der Waals surface area contributed by atoms with E-state index in [1.165, 1.54) is 50.2 Å². The average Bonchev–Trinajstić information content (AvgIpc) is 3.05. The van der Waals surface area contributed by atoms with Crippen LogP contribution in [0.15, 0.2) is 152 Å². The third kappa shape index (κ3) is 4.48. The molecule has 7 rings (SSSR count). The first-order chi connectivity index (χ1) is 20.9. The Morgan fingerprint density at radius 1 is 0.372 bits per heavy atom. The van der Waals surface area contributed by atoms with Gasteiger partial charge in [-0.1, -0.05) is 149 Å². The molecule has 0 amide bonds. The molecule has 6 aromatic carbocycles. The molecule has 43 heavy (non-hydrogen) atoms. The normalized spacial score (nSPS) is 14.4. The van der Waals surface area contributed by atoms with Gasteiger partial charge in [0.25, 0.3) is 0 Å². The highest BCUT2D eigenvalue weighted by Crippen LogP contribution is 2.55. The lowest BCUT2D eigenvalue weighted by Crippen LogP contribution is -2.43. The van der Waals surface area contributed by atoms with Crippen molar-refractivity contribution in [3.8, 4) is 33.4 Å². The quantitative estimate of drug-likeness (QED) is 0.204. The van der Waals surface area contributed by atoms with Crippen LogP contribution in [0.5, 0.6) is 0 Å². The Balaban J connectivity index is 1.39. The van der Waals surface area contributed by atoms with Crippen molar-refractivity contribution < 1.29 is 0 Å². The minimum atomic E-state index is -0.0676. The van der Waals surface area contributed by atoms with Crippen molar-refractivity contribution in [2.75, 3.05) is 4.90 Å². The summed E-state index contributed by atoms with van der Waals surface area (Å²) >= 11 is 0. The third-order valence-corrected chi connectivity index (χ3v) is 9.85. The summed E-state index contributed by atoms with van der Waals surface area (Å²) in [7, 11) is 0. The number of para-hydroxylation sites is 2. The van der Waals surface area contributed by atoms with Crippen molar-refractivity contribution in [3.63, 3.8) is 0 Å². The van der Waals surface area contributed by atoms with E-state index in [2.05, 4.69) is 184 Å². The smallest absolute Gasteiger partial charge is 0.0540 e. The van der Waals surface area contributed by atoms with E-state index in [9.17, 15) is 0 Å². The van der Waals surface area contributed by atoms with Gasteiger partial charge in [0, 0.05) is 16.9 Å². The molecule has 0 atom stereocenters. The molecule has 0 aliphatic heterocycles. The summed E-state index contributed by atoms with van der Waals surface area (Å²) in [5.74, 6) is 0. The third-order valence-electron chi connectivity index (χ3n) is 9.85. The van der Waals surface area contributed by atoms with Crippen LogP contribution in [-0.4, -0.2) is 0 Å². The van der Waals surface area contributed by atoms with Gasteiger partial charge in [0.15, 0.2) is 0 Å². The Hall–Kier alpha value is -4.88. The zero-order valence-electron chi connectivity index (χ0n) is 25.4. The molecule has 6 aromatic rings. The summed E-state index contributed by atoms with van der Waals surface area (Å²) in [5.41, 5.74) is 13.7. The molecule has 0 fully saturated rings. The van der Waals surface area contributed by atoms with Gasteiger partial charge in [-0.05, 0) is 80.1 Å². The average molecular weight is 556 g/mol. The summed E-state index contributed by atoms with van der Waals surface area (Å²) in [5, 5.41) is 0. The maximum absolute atomic E-state index is 2.44. The van der Waals surface area contributed by atoms with Gasteiger partial charge in [-0.25, -0.2) is 0 Å². The number of nitrogens with zero attached hydrogens (tertiary/aromatic N) is 1. The van der Waals surface area contributed by atoms with Crippen molar-refractivity contribution in [1.82, 2.24) is 0 Å². The van der Waals surface area contributed by atoms with Crippen LogP contribution in [0.2, 0.25) is 0 Å². The highest BCUT2D eigenvalue weighted by molar-refractivity contribution is 5.90. The van der Waals surface area contributed by atoms with E-state index in [0.29, 0.717) is 0 Å². The highest BCUT2D eigenvalue weighted by atomic mass is 15.1. The molecular weight excluding hydrogens is 518 g/mol. The van der Waals surface area contributed by atoms with E-state index < -0.39 is 0 Å². The van der Waals surface area contributed by atoms with Crippen LogP contribution < -0.4 is 4.90 Å². The fraction of sp³-hybridized carbons (Fsp3) is 0.143. The van der Waals surface area contributed by atoms with Gasteiger partial charge in [0.05, 0.1) is 5.69 Å². The lowest BCUT2D eigenvalue weighted by molar-refractivity contribution is 0.299. The van der Waals surface area contributed by atoms with Crippen molar-refractivity contribution >= 4 is 17.1 Å². The zero-order chi connectivity index (χ0) is 29.6. The number of rotatable bonds is 5. The molecule has 1 aliphatic rings. The predicted molar refractivity (Wildman–Crippen MR) is 183 cm³/mol. The number of anilines is 3. The van der Waals surface area contributed by atoms with Crippen LogP contribution in [0, 0.1) is 0 Å². The molecule has 0 saturated carbocycles. The van der Waals surface area contributed by atoms with E-state index in [4.69, 9.17) is 0 Å². The monoisotopic (exact) mass is 555 g/mol. The Bertz CT molecular complexity index is 1900. The Kier molecular flexibility index (Phi) is 6.55. The van der Waals surface area contributed by atoms with E-state index in [1.54, 1.807) is 0 Å². The minimum absolute atomic E-state index is 0.0226. The number of fused-ring (bicyclic) bond motifs is 3. The topological polar surface area (TPSA) is 3.24 Å². The molecule has 0 spiro atoms. The second-order valence-corrected chi connectivity index (χ2v) is 12.7. The molecule has 0 heterocycles. The summed E-state index contributed by atoms with van der Waals surface area (Å²) in [6, 6.07) is 55.1. The number of benzene rings is 6. The fourth-order valence-electron chi connectivity index (χ4n) is 6.75.